The average molecular weight is 214 g/mol. The number of piperidine rings is 1. The second-order valence-electron chi connectivity index (χ2n) is 4.42. The second-order valence-corrected chi connectivity index (χ2v) is 4.80. The summed E-state index contributed by atoms with van der Waals surface area (Å²) >= 11 is 5.38. The van der Waals surface area contributed by atoms with Crippen LogP contribution < -0.4 is 5.32 Å². The van der Waals surface area contributed by atoms with Crippen LogP contribution in [-0.4, -0.2) is 29.1 Å². The molecule has 0 amide bonds. The van der Waals surface area contributed by atoms with Gasteiger partial charge in [0, 0.05) is 19.1 Å². The molecule has 0 aliphatic carbocycles. The van der Waals surface area contributed by atoms with Crippen molar-refractivity contribution < 1.29 is 0 Å². The number of hydrogen-bond acceptors (Lipinski definition) is 1. The van der Waals surface area contributed by atoms with Crippen molar-refractivity contribution in [2.24, 2.45) is 5.92 Å². The highest BCUT2D eigenvalue weighted by molar-refractivity contribution is 7.80. The summed E-state index contributed by atoms with van der Waals surface area (Å²) < 4.78 is 0. The van der Waals surface area contributed by atoms with E-state index in [2.05, 4.69) is 31.0 Å². The van der Waals surface area contributed by atoms with E-state index >= 15 is 0 Å². The van der Waals surface area contributed by atoms with Gasteiger partial charge in [-0.2, -0.15) is 0 Å². The van der Waals surface area contributed by atoms with Crippen LogP contribution in [0, 0.1) is 5.92 Å². The first-order valence-corrected chi connectivity index (χ1v) is 6.10. The lowest BCUT2D eigenvalue weighted by Crippen LogP contribution is -2.49. The van der Waals surface area contributed by atoms with Gasteiger partial charge < -0.3 is 10.2 Å². The molecule has 14 heavy (non-hydrogen) atoms. The van der Waals surface area contributed by atoms with E-state index in [9.17, 15) is 0 Å². The number of nitrogens with one attached hydrogen (secondary N) is 1. The zero-order valence-corrected chi connectivity index (χ0v) is 10.4. The minimum atomic E-state index is 0.614. The maximum Gasteiger partial charge on any atom is 0.169 e. The fraction of sp³-hybridized carbons (Fsp3) is 0.909. The molecular weight excluding hydrogens is 192 g/mol. The van der Waals surface area contributed by atoms with Gasteiger partial charge in [0.2, 0.25) is 0 Å². The summed E-state index contributed by atoms with van der Waals surface area (Å²) in [4.78, 5) is 2.35. The molecule has 1 fully saturated rings. The molecule has 1 aliphatic heterocycles. The fourth-order valence-electron chi connectivity index (χ4n) is 1.91. The summed E-state index contributed by atoms with van der Waals surface area (Å²) in [7, 11) is 0. The highest BCUT2D eigenvalue weighted by Crippen LogP contribution is 2.21. The first kappa shape index (κ1) is 11.8. The summed E-state index contributed by atoms with van der Waals surface area (Å²) in [6.07, 6.45) is 3.75. The molecule has 3 heteroatoms. The Hall–Kier alpha value is -0.310. The van der Waals surface area contributed by atoms with Crippen LogP contribution in [0.1, 0.15) is 40.0 Å². The Morgan fingerprint density at radius 2 is 2.14 bits per heavy atom. The molecule has 2 atom stereocenters. The van der Waals surface area contributed by atoms with Crippen molar-refractivity contribution in [1.29, 1.82) is 0 Å². The lowest BCUT2D eigenvalue weighted by atomic mass is 9.95. The molecule has 2 nitrogen and oxygen atoms in total. The SMILES string of the molecule is CCCNC(=S)N1CC(C)CCC1C. The van der Waals surface area contributed by atoms with Crippen LogP contribution in [-0.2, 0) is 0 Å². The van der Waals surface area contributed by atoms with E-state index in [0.29, 0.717) is 6.04 Å². The number of nitrogens with zero attached hydrogens (tertiary/aromatic N) is 1. The highest BCUT2D eigenvalue weighted by Gasteiger charge is 2.24. The minimum Gasteiger partial charge on any atom is -0.363 e. The van der Waals surface area contributed by atoms with E-state index < -0.39 is 0 Å². The lowest BCUT2D eigenvalue weighted by Gasteiger charge is -2.38. The van der Waals surface area contributed by atoms with Crippen LogP contribution in [0.25, 0.3) is 0 Å². The van der Waals surface area contributed by atoms with Gasteiger partial charge in [-0.3, -0.25) is 0 Å². The molecule has 1 heterocycles. The van der Waals surface area contributed by atoms with Gasteiger partial charge in [0.05, 0.1) is 0 Å². The van der Waals surface area contributed by atoms with Gasteiger partial charge in [-0.15, -0.1) is 0 Å². The molecule has 2 unspecified atom stereocenters. The molecular formula is C11H22N2S. The van der Waals surface area contributed by atoms with Crippen molar-refractivity contribution in [1.82, 2.24) is 10.2 Å². The lowest BCUT2D eigenvalue weighted by molar-refractivity contribution is 0.205. The molecule has 1 rings (SSSR count). The third kappa shape index (κ3) is 3.12. The Balaban J connectivity index is 2.43. The summed E-state index contributed by atoms with van der Waals surface area (Å²) in [5.74, 6) is 0.785. The minimum absolute atomic E-state index is 0.614. The third-order valence-electron chi connectivity index (χ3n) is 2.90. The average Bonchev–Trinajstić information content (AvgIpc) is 2.18. The third-order valence-corrected chi connectivity index (χ3v) is 3.28. The van der Waals surface area contributed by atoms with E-state index in [4.69, 9.17) is 12.2 Å². The zero-order chi connectivity index (χ0) is 10.6. The van der Waals surface area contributed by atoms with Crippen molar-refractivity contribution in [2.45, 2.75) is 46.1 Å². The molecule has 1 aliphatic rings. The molecule has 0 aromatic rings. The Morgan fingerprint density at radius 1 is 1.43 bits per heavy atom. The Labute approximate surface area is 93.1 Å². The molecule has 0 bridgehead atoms. The molecule has 1 saturated heterocycles. The number of rotatable bonds is 2. The Morgan fingerprint density at radius 3 is 2.79 bits per heavy atom. The number of thiocarbonyl (C=S) groups is 1. The molecule has 0 aromatic heterocycles. The molecule has 1 N–H and O–H groups in total. The van der Waals surface area contributed by atoms with Gasteiger partial charge in [-0.1, -0.05) is 13.8 Å². The first-order chi connectivity index (χ1) is 6.65. The van der Waals surface area contributed by atoms with Crippen molar-refractivity contribution in [2.75, 3.05) is 13.1 Å². The van der Waals surface area contributed by atoms with Gasteiger partial charge in [0.1, 0.15) is 0 Å². The van der Waals surface area contributed by atoms with Gasteiger partial charge in [-0.25, -0.2) is 0 Å². The van der Waals surface area contributed by atoms with E-state index in [0.717, 1.165) is 30.5 Å². The van der Waals surface area contributed by atoms with E-state index in [-0.39, 0.29) is 0 Å². The maximum atomic E-state index is 5.38. The summed E-state index contributed by atoms with van der Waals surface area (Å²) in [6, 6.07) is 0.614. The molecule has 0 radical (unpaired) electrons. The van der Waals surface area contributed by atoms with Crippen LogP contribution in [0.15, 0.2) is 0 Å². The second kappa shape index (κ2) is 5.54. The van der Waals surface area contributed by atoms with Crippen LogP contribution >= 0.6 is 12.2 Å². The Kier molecular flexibility index (Phi) is 4.66. The van der Waals surface area contributed by atoms with Crippen molar-refractivity contribution in [3.8, 4) is 0 Å². The van der Waals surface area contributed by atoms with Gasteiger partial charge in [0.25, 0.3) is 0 Å². The summed E-state index contributed by atoms with van der Waals surface area (Å²) in [5.41, 5.74) is 0. The smallest absolute Gasteiger partial charge is 0.169 e. The predicted octanol–water partition coefficient (Wildman–Crippen LogP) is 2.39. The van der Waals surface area contributed by atoms with Crippen molar-refractivity contribution >= 4 is 17.3 Å². The summed E-state index contributed by atoms with van der Waals surface area (Å²) in [5, 5.41) is 4.26. The molecule has 0 saturated carbocycles. The highest BCUT2D eigenvalue weighted by atomic mass is 32.1. The summed E-state index contributed by atoms with van der Waals surface area (Å²) in [6.45, 7) is 8.86. The monoisotopic (exact) mass is 214 g/mol. The predicted molar refractivity (Wildman–Crippen MR) is 65.5 cm³/mol. The van der Waals surface area contributed by atoms with E-state index in [1.165, 1.54) is 12.8 Å². The van der Waals surface area contributed by atoms with Crippen molar-refractivity contribution in [3.63, 3.8) is 0 Å². The van der Waals surface area contributed by atoms with Crippen LogP contribution in [0.4, 0.5) is 0 Å². The van der Waals surface area contributed by atoms with Gasteiger partial charge >= 0.3 is 0 Å². The fourth-order valence-corrected chi connectivity index (χ4v) is 2.26. The number of likely N-dealkylation sites (tertiary alicyclic amines) is 1. The first-order valence-electron chi connectivity index (χ1n) is 5.69. The van der Waals surface area contributed by atoms with E-state index in [1.54, 1.807) is 0 Å². The largest absolute Gasteiger partial charge is 0.363 e. The standard InChI is InChI=1S/C11H22N2S/c1-4-7-12-11(14)13-8-9(2)5-6-10(13)3/h9-10H,4-8H2,1-3H3,(H,12,14). The normalized spacial score (nSPS) is 27.5. The number of hydrogen-bond donors (Lipinski definition) is 1. The molecule has 82 valence electrons. The quantitative estimate of drug-likeness (QED) is 0.711. The van der Waals surface area contributed by atoms with E-state index in [1.807, 2.05) is 0 Å². The van der Waals surface area contributed by atoms with Crippen LogP contribution in [0.5, 0.6) is 0 Å². The zero-order valence-electron chi connectivity index (χ0n) is 9.55. The van der Waals surface area contributed by atoms with Crippen molar-refractivity contribution in [3.05, 3.63) is 0 Å². The Bertz CT molecular complexity index is 194. The maximum absolute atomic E-state index is 5.38. The van der Waals surface area contributed by atoms with Crippen LogP contribution in [0.2, 0.25) is 0 Å². The van der Waals surface area contributed by atoms with Crippen LogP contribution in [0.3, 0.4) is 0 Å². The molecule has 0 spiro atoms. The molecule has 0 aromatic carbocycles. The van der Waals surface area contributed by atoms with Gasteiger partial charge in [-0.05, 0) is 44.3 Å². The van der Waals surface area contributed by atoms with Gasteiger partial charge in [0.15, 0.2) is 5.11 Å². The topological polar surface area (TPSA) is 15.3 Å².